The SMILES string of the molecule is CC1=NN(C(=O)Cn2nc(C)c(Cl)c2C)[C@@](O)(C(F)F)C1. The van der Waals surface area contributed by atoms with E-state index in [4.69, 9.17) is 11.6 Å². The first-order chi connectivity index (χ1) is 9.66. The lowest BCUT2D eigenvalue weighted by Gasteiger charge is -2.30. The van der Waals surface area contributed by atoms with Crippen molar-refractivity contribution in [3.05, 3.63) is 16.4 Å². The zero-order valence-electron chi connectivity index (χ0n) is 11.8. The number of carbonyl (C=O) groups is 1. The van der Waals surface area contributed by atoms with Gasteiger partial charge in [-0.3, -0.25) is 9.48 Å². The van der Waals surface area contributed by atoms with Gasteiger partial charge >= 0.3 is 0 Å². The average molecular weight is 321 g/mol. The van der Waals surface area contributed by atoms with E-state index in [9.17, 15) is 18.7 Å². The van der Waals surface area contributed by atoms with Crippen LogP contribution in [0, 0.1) is 13.8 Å². The minimum absolute atomic E-state index is 0.262. The molecule has 21 heavy (non-hydrogen) atoms. The summed E-state index contributed by atoms with van der Waals surface area (Å²) in [6.45, 7) is 4.48. The molecule has 0 saturated carbocycles. The third-order valence-corrected chi connectivity index (χ3v) is 3.86. The maximum absolute atomic E-state index is 13.0. The summed E-state index contributed by atoms with van der Waals surface area (Å²) in [5, 5.41) is 18.6. The van der Waals surface area contributed by atoms with Gasteiger partial charge in [0.25, 0.3) is 12.3 Å². The van der Waals surface area contributed by atoms with Gasteiger partial charge in [0.2, 0.25) is 5.72 Å². The van der Waals surface area contributed by atoms with Gasteiger partial charge in [-0.2, -0.15) is 15.2 Å². The lowest BCUT2D eigenvalue weighted by Crippen LogP contribution is -2.52. The van der Waals surface area contributed by atoms with Crippen LogP contribution in [0.15, 0.2) is 5.10 Å². The van der Waals surface area contributed by atoms with Gasteiger partial charge in [-0.05, 0) is 20.8 Å². The Morgan fingerprint density at radius 2 is 2.10 bits per heavy atom. The van der Waals surface area contributed by atoms with E-state index in [2.05, 4.69) is 10.2 Å². The molecule has 1 amide bonds. The van der Waals surface area contributed by atoms with Crippen molar-refractivity contribution in [2.75, 3.05) is 0 Å². The molecule has 116 valence electrons. The zero-order chi connectivity index (χ0) is 15.9. The minimum atomic E-state index is -3.12. The van der Waals surface area contributed by atoms with E-state index in [0.717, 1.165) is 0 Å². The van der Waals surface area contributed by atoms with Crippen LogP contribution in [0.25, 0.3) is 0 Å². The van der Waals surface area contributed by atoms with Gasteiger partial charge in [-0.15, -0.1) is 0 Å². The van der Waals surface area contributed by atoms with Crippen LogP contribution in [0.3, 0.4) is 0 Å². The predicted molar refractivity (Wildman–Crippen MR) is 72.2 cm³/mol. The van der Waals surface area contributed by atoms with Gasteiger partial charge in [0.05, 0.1) is 16.4 Å². The summed E-state index contributed by atoms with van der Waals surface area (Å²) in [6, 6.07) is 0. The summed E-state index contributed by atoms with van der Waals surface area (Å²) in [5.74, 6) is -0.781. The minimum Gasteiger partial charge on any atom is -0.364 e. The molecule has 1 atom stereocenters. The van der Waals surface area contributed by atoms with Gasteiger partial charge in [-0.1, -0.05) is 11.6 Å². The van der Waals surface area contributed by atoms with Gasteiger partial charge in [-0.25, -0.2) is 8.78 Å². The van der Waals surface area contributed by atoms with Crippen LogP contribution in [-0.2, 0) is 11.3 Å². The van der Waals surface area contributed by atoms with E-state index >= 15 is 0 Å². The first-order valence-electron chi connectivity index (χ1n) is 6.24. The van der Waals surface area contributed by atoms with Crippen LogP contribution in [0.5, 0.6) is 0 Å². The molecule has 0 spiro atoms. The first kappa shape index (κ1) is 15.8. The second-order valence-electron chi connectivity index (χ2n) is 5.04. The molecule has 2 rings (SSSR count). The molecule has 0 radical (unpaired) electrons. The number of alkyl halides is 2. The van der Waals surface area contributed by atoms with Gasteiger partial charge in [0, 0.05) is 12.1 Å². The molecule has 1 aromatic heterocycles. The largest absolute Gasteiger partial charge is 0.364 e. The fourth-order valence-electron chi connectivity index (χ4n) is 2.21. The number of aromatic nitrogens is 2. The fourth-order valence-corrected chi connectivity index (χ4v) is 2.34. The number of nitrogens with zero attached hydrogens (tertiary/aromatic N) is 4. The Balaban J connectivity index is 2.25. The summed E-state index contributed by atoms with van der Waals surface area (Å²) < 4.78 is 27.4. The third kappa shape index (κ3) is 2.65. The summed E-state index contributed by atoms with van der Waals surface area (Å²) in [7, 11) is 0. The van der Waals surface area contributed by atoms with Crippen molar-refractivity contribution < 1.29 is 18.7 Å². The molecule has 0 aromatic carbocycles. The molecule has 6 nitrogen and oxygen atoms in total. The van der Waals surface area contributed by atoms with Gasteiger partial charge in [0.15, 0.2) is 0 Å². The van der Waals surface area contributed by atoms with Crippen molar-refractivity contribution in [2.45, 2.75) is 45.9 Å². The van der Waals surface area contributed by atoms with E-state index in [1.165, 1.54) is 11.6 Å². The first-order valence-corrected chi connectivity index (χ1v) is 6.61. The van der Waals surface area contributed by atoms with Crippen molar-refractivity contribution in [3.63, 3.8) is 0 Å². The monoisotopic (exact) mass is 320 g/mol. The van der Waals surface area contributed by atoms with Gasteiger partial charge in [0.1, 0.15) is 6.54 Å². The molecule has 1 aliphatic rings. The van der Waals surface area contributed by atoms with Crippen LogP contribution in [-0.4, -0.2) is 43.7 Å². The van der Waals surface area contributed by atoms with Crippen LogP contribution < -0.4 is 0 Å². The third-order valence-electron chi connectivity index (χ3n) is 3.32. The highest BCUT2D eigenvalue weighted by Gasteiger charge is 2.50. The van der Waals surface area contributed by atoms with E-state index < -0.39 is 18.1 Å². The predicted octanol–water partition coefficient (Wildman–Crippen LogP) is 1.72. The number of aryl methyl sites for hydroxylation is 1. The van der Waals surface area contributed by atoms with Crippen LogP contribution in [0.2, 0.25) is 5.02 Å². The molecular weight excluding hydrogens is 306 g/mol. The maximum atomic E-state index is 13.0. The number of hydrazone groups is 1. The number of hydrogen-bond donors (Lipinski definition) is 1. The Labute approximate surface area is 125 Å². The highest BCUT2D eigenvalue weighted by atomic mass is 35.5. The van der Waals surface area contributed by atoms with Crippen molar-refractivity contribution in [2.24, 2.45) is 5.10 Å². The molecule has 0 bridgehead atoms. The number of halogens is 3. The quantitative estimate of drug-likeness (QED) is 0.921. The normalized spacial score (nSPS) is 22.1. The second-order valence-corrected chi connectivity index (χ2v) is 5.42. The molecule has 1 aliphatic heterocycles. The Bertz CT molecular complexity index is 617. The smallest absolute Gasteiger partial charge is 0.287 e. The summed E-state index contributed by atoms with van der Waals surface area (Å²) in [6.07, 6.45) is -3.50. The molecule has 1 aromatic rings. The molecule has 0 aliphatic carbocycles. The van der Waals surface area contributed by atoms with E-state index in [0.29, 0.717) is 21.4 Å². The lowest BCUT2D eigenvalue weighted by atomic mass is 10.1. The van der Waals surface area contributed by atoms with Crippen molar-refractivity contribution in [3.8, 4) is 0 Å². The molecule has 1 N–H and O–H groups in total. The summed E-state index contributed by atoms with van der Waals surface area (Å²) >= 11 is 5.97. The standard InChI is InChI=1S/C12H15ClF2N4O2/c1-6-4-12(21,11(14)15)19(16-6)9(20)5-18-8(3)10(13)7(2)17-18/h11,21H,4-5H2,1-3H3/t12-/m0/s1. The zero-order valence-corrected chi connectivity index (χ0v) is 12.5. The highest BCUT2D eigenvalue weighted by molar-refractivity contribution is 6.31. The number of hydrogen-bond acceptors (Lipinski definition) is 4. The molecule has 0 unspecified atom stereocenters. The van der Waals surface area contributed by atoms with Crippen LogP contribution in [0.4, 0.5) is 8.78 Å². The van der Waals surface area contributed by atoms with Crippen LogP contribution in [0.1, 0.15) is 24.7 Å². The number of aliphatic hydroxyl groups is 1. The molecule has 2 heterocycles. The molecule has 0 fully saturated rings. The maximum Gasteiger partial charge on any atom is 0.287 e. The Kier molecular flexibility index (Phi) is 4.03. The molecular formula is C12H15ClF2N4O2. The summed E-state index contributed by atoms with van der Waals surface area (Å²) in [4.78, 5) is 12.2. The second kappa shape index (κ2) is 5.34. The van der Waals surface area contributed by atoms with E-state index in [-0.39, 0.29) is 18.7 Å². The Hall–Kier alpha value is -1.54. The fraction of sp³-hybridized carbons (Fsp3) is 0.583. The highest BCUT2D eigenvalue weighted by Crippen LogP contribution is 2.31. The van der Waals surface area contributed by atoms with Crippen LogP contribution >= 0.6 is 11.6 Å². The van der Waals surface area contributed by atoms with Crippen molar-refractivity contribution in [1.82, 2.24) is 14.8 Å². The Morgan fingerprint density at radius 3 is 2.57 bits per heavy atom. The number of amides is 1. The molecule has 9 heteroatoms. The van der Waals surface area contributed by atoms with Crippen molar-refractivity contribution >= 4 is 23.2 Å². The Morgan fingerprint density at radius 1 is 1.48 bits per heavy atom. The van der Waals surface area contributed by atoms with E-state index in [1.54, 1.807) is 13.8 Å². The number of rotatable bonds is 3. The lowest BCUT2D eigenvalue weighted by molar-refractivity contribution is -0.192. The topological polar surface area (TPSA) is 70.7 Å². The number of carbonyl (C=O) groups excluding carboxylic acids is 1. The van der Waals surface area contributed by atoms with Gasteiger partial charge < -0.3 is 5.11 Å². The molecule has 0 saturated heterocycles. The summed E-state index contributed by atoms with van der Waals surface area (Å²) in [5.41, 5.74) is -1.26. The van der Waals surface area contributed by atoms with E-state index in [1.807, 2.05) is 0 Å². The van der Waals surface area contributed by atoms with Crippen molar-refractivity contribution in [1.29, 1.82) is 0 Å². The average Bonchev–Trinajstić information content (AvgIpc) is 2.83.